The van der Waals surface area contributed by atoms with Gasteiger partial charge in [0.15, 0.2) is 5.65 Å². The molecule has 0 atom stereocenters. The van der Waals surface area contributed by atoms with E-state index in [0.29, 0.717) is 28.4 Å². The highest BCUT2D eigenvalue weighted by Crippen LogP contribution is 2.42. The molecule has 8 heterocycles. The third kappa shape index (κ3) is 9.34. The minimum Gasteiger partial charge on any atom is -0.309 e. The molecule has 0 bridgehead atoms. The van der Waals surface area contributed by atoms with Crippen LogP contribution in [0.3, 0.4) is 0 Å². The number of rotatable bonds is 8. The normalized spacial score (nSPS) is 11.8. The molecule has 22 rings (SSSR count). The first kappa shape index (κ1) is 60.2. The Balaban J connectivity index is 0.000000136. The van der Waals surface area contributed by atoms with Crippen molar-refractivity contribution in [2.45, 2.75) is 0 Å². The Morgan fingerprint density at radius 2 is 0.481 bits per heavy atom. The molecule has 0 saturated heterocycles. The van der Waals surface area contributed by atoms with E-state index in [1.807, 2.05) is 128 Å². The maximum Gasteiger partial charge on any atom is 0.282 e. The number of nitrogens with zero attached hydrogens (tertiary/aromatic N) is 10. The predicted octanol–water partition coefficient (Wildman–Crippen LogP) is 21.6. The van der Waals surface area contributed by atoms with E-state index in [9.17, 15) is 9.59 Å². The average molecular weight is 1360 g/mol. The third-order valence-electron chi connectivity index (χ3n) is 21.0. The van der Waals surface area contributed by atoms with Gasteiger partial charge in [-0.3, -0.25) is 27.9 Å². The van der Waals surface area contributed by atoms with Gasteiger partial charge >= 0.3 is 0 Å². The molecular formula is C94H58N10O2. The highest BCUT2D eigenvalue weighted by atomic mass is 16.1. The largest absolute Gasteiger partial charge is 0.309 e. The van der Waals surface area contributed by atoms with Crippen molar-refractivity contribution in [3.05, 3.63) is 373 Å². The van der Waals surface area contributed by atoms with Gasteiger partial charge in [0.05, 0.1) is 55.3 Å². The van der Waals surface area contributed by atoms with Crippen LogP contribution in [0.4, 0.5) is 0 Å². The third-order valence-corrected chi connectivity index (χ3v) is 21.0. The van der Waals surface area contributed by atoms with Crippen LogP contribution in [0.25, 0.3) is 188 Å². The highest BCUT2D eigenvalue weighted by molar-refractivity contribution is 6.15. The van der Waals surface area contributed by atoms with E-state index in [0.717, 1.165) is 116 Å². The van der Waals surface area contributed by atoms with Crippen molar-refractivity contribution >= 4 is 131 Å². The summed E-state index contributed by atoms with van der Waals surface area (Å²) < 4.78 is 12.3. The van der Waals surface area contributed by atoms with E-state index in [2.05, 4.69) is 237 Å². The molecule has 496 valence electrons. The molecule has 0 aliphatic heterocycles. The van der Waals surface area contributed by atoms with Crippen molar-refractivity contribution in [2.75, 3.05) is 0 Å². The zero-order valence-corrected chi connectivity index (χ0v) is 56.8. The summed E-state index contributed by atoms with van der Waals surface area (Å²) in [4.78, 5) is 48.5. The second kappa shape index (κ2) is 24.0. The lowest BCUT2D eigenvalue weighted by molar-refractivity contribution is 0.965. The van der Waals surface area contributed by atoms with Gasteiger partial charge in [-0.05, 0) is 161 Å². The van der Waals surface area contributed by atoms with E-state index in [4.69, 9.17) is 19.9 Å². The first-order valence-corrected chi connectivity index (χ1v) is 35.4. The summed E-state index contributed by atoms with van der Waals surface area (Å²) in [6, 6.07) is 117. The van der Waals surface area contributed by atoms with E-state index in [1.165, 1.54) is 43.6 Å². The van der Waals surface area contributed by atoms with Crippen molar-refractivity contribution in [3.8, 4) is 56.9 Å². The van der Waals surface area contributed by atoms with Crippen LogP contribution in [0.5, 0.6) is 0 Å². The zero-order chi connectivity index (χ0) is 70.1. The molecular weight excluding hydrogens is 1300 g/mol. The fraction of sp³-hybridized carbons (Fsp3) is 0. The lowest BCUT2D eigenvalue weighted by Crippen LogP contribution is -2.21. The number of benzene rings is 14. The lowest BCUT2D eigenvalue weighted by Gasteiger charge is -2.14. The summed E-state index contributed by atoms with van der Waals surface area (Å²) >= 11 is 0. The molecule has 22 aromatic rings. The fourth-order valence-corrected chi connectivity index (χ4v) is 16.3. The molecule has 0 spiro atoms. The predicted molar refractivity (Wildman–Crippen MR) is 434 cm³/mol. The van der Waals surface area contributed by atoms with E-state index >= 15 is 0 Å². The summed E-state index contributed by atoms with van der Waals surface area (Å²) in [7, 11) is 0. The fourth-order valence-electron chi connectivity index (χ4n) is 16.3. The van der Waals surface area contributed by atoms with Crippen molar-refractivity contribution in [1.82, 2.24) is 47.3 Å². The zero-order valence-electron chi connectivity index (χ0n) is 56.8. The summed E-state index contributed by atoms with van der Waals surface area (Å²) in [6.45, 7) is 0. The number of pyridine rings is 2. The van der Waals surface area contributed by atoms with E-state index in [1.54, 1.807) is 15.3 Å². The Kier molecular flexibility index (Phi) is 13.6. The molecule has 0 aliphatic carbocycles. The second-order valence-electron chi connectivity index (χ2n) is 26.9. The van der Waals surface area contributed by atoms with Crippen molar-refractivity contribution < 1.29 is 0 Å². The van der Waals surface area contributed by atoms with Crippen LogP contribution in [-0.2, 0) is 0 Å². The number of aromatic nitrogens is 10. The standard InChI is InChI=1S/2C47H29N5O/c53-46-45-39(36-19-9-11-21-41(36)51(46)33-15-5-2-6-16-33)29-48-47(49-45)52-42-22-12-8-18-35(42)38-28-31(24-26-44(38)52)30-23-25-43-37(27-30)34-17-7-10-20-40(34)50(43)32-13-3-1-4-14-32;53-46-37-20-8-7-17-34(37)40-29-48-47(49-45(40)51(46)33-15-5-2-6-16-33)52-42-22-12-10-19-36(42)39-28-31(24-26-44(39)52)30-23-25-43-38(27-30)35-18-9-11-21-41(35)50(43)32-13-3-1-4-14-32/h2*1-29H. The minimum absolute atomic E-state index is 0.111. The SMILES string of the molecule is O=c1c2ccccc2c2cnc(-n3c4ccccc4c4cc(-c5ccc6c(c5)c5ccccc5n6-c5ccccc5)ccc43)nc2n1-c1ccccc1.O=c1c2nc(-n3c4ccccc4c4cc(-c5ccc6c(c5)c5ccccc5n6-c5ccccc5)ccc43)ncc2c2ccccc2n1-c1ccccc1. The molecule has 0 amide bonds. The van der Waals surface area contributed by atoms with Gasteiger partial charge in [-0.15, -0.1) is 0 Å². The number of hydrogen-bond acceptors (Lipinski definition) is 6. The molecule has 0 saturated carbocycles. The monoisotopic (exact) mass is 1360 g/mol. The Morgan fingerprint density at radius 3 is 0.887 bits per heavy atom. The van der Waals surface area contributed by atoms with Gasteiger partial charge in [0.2, 0.25) is 11.9 Å². The summed E-state index contributed by atoms with van der Waals surface area (Å²) in [5.74, 6) is 0.963. The minimum atomic E-state index is -0.180. The van der Waals surface area contributed by atoms with Crippen molar-refractivity contribution in [2.24, 2.45) is 0 Å². The van der Waals surface area contributed by atoms with Gasteiger partial charge in [-0.2, -0.15) is 4.98 Å². The van der Waals surface area contributed by atoms with Crippen LogP contribution >= 0.6 is 0 Å². The van der Waals surface area contributed by atoms with Crippen LogP contribution in [-0.4, -0.2) is 47.3 Å². The van der Waals surface area contributed by atoms with Gasteiger partial charge in [-0.1, -0.05) is 206 Å². The van der Waals surface area contributed by atoms with Crippen LogP contribution in [0.2, 0.25) is 0 Å². The maximum atomic E-state index is 14.3. The van der Waals surface area contributed by atoms with Crippen LogP contribution in [0.15, 0.2) is 362 Å². The first-order chi connectivity index (χ1) is 52.5. The topological polar surface area (TPSA) is 115 Å². The lowest BCUT2D eigenvalue weighted by atomic mass is 10.0. The maximum absolute atomic E-state index is 14.3. The van der Waals surface area contributed by atoms with E-state index in [-0.39, 0.29) is 11.1 Å². The molecule has 0 N–H and O–H groups in total. The average Bonchev–Trinajstić information content (AvgIpc) is 1.38. The summed E-state index contributed by atoms with van der Waals surface area (Å²) in [6.07, 6.45) is 3.65. The van der Waals surface area contributed by atoms with Gasteiger partial charge < -0.3 is 9.13 Å². The molecule has 12 heteroatoms. The summed E-state index contributed by atoms with van der Waals surface area (Å²) in [5.41, 5.74) is 18.5. The Bertz CT molecular complexity index is 7500. The van der Waals surface area contributed by atoms with Gasteiger partial charge in [0.1, 0.15) is 5.52 Å². The molecule has 0 fully saturated rings. The molecule has 8 aromatic heterocycles. The van der Waals surface area contributed by atoms with Gasteiger partial charge in [0, 0.05) is 94.1 Å². The van der Waals surface area contributed by atoms with Crippen LogP contribution < -0.4 is 11.1 Å². The van der Waals surface area contributed by atoms with Crippen molar-refractivity contribution in [3.63, 3.8) is 0 Å². The Morgan fingerprint density at radius 1 is 0.198 bits per heavy atom. The van der Waals surface area contributed by atoms with Crippen LogP contribution in [0.1, 0.15) is 0 Å². The summed E-state index contributed by atoms with van der Waals surface area (Å²) in [5, 5.41) is 13.2. The molecule has 0 unspecified atom stereocenters. The molecule has 12 nitrogen and oxygen atoms in total. The molecule has 14 aromatic carbocycles. The number of hydrogen-bond donors (Lipinski definition) is 0. The molecule has 0 radical (unpaired) electrons. The highest BCUT2D eigenvalue weighted by Gasteiger charge is 2.24. The quantitative estimate of drug-likeness (QED) is 0.140. The molecule has 106 heavy (non-hydrogen) atoms. The Labute approximate surface area is 604 Å². The molecule has 0 aliphatic rings. The van der Waals surface area contributed by atoms with Gasteiger partial charge in [-0.25, -0.2) is 15.0 Å². The first-order valence-electron chi connectivity index (χ1n) is 35.4. The van der Waals surface area contributed by atoms with Crippen molar-refractivity contribution in [1.29, 1.82) is 0 Å². The smallest absolute Gasteiger partial charge is 0.282 e. The second-order valence-corrected chi connectivity index (χ2v) is 26.9. The number of para-hydroxylation sites is 9. The number of fused-ring (bicyclic) bond motifs is 18. The Hall–Kier alpha value is -14.6. The van der Waals surface area contributed by atoms with Crippen LogP contribution in [0, 0.1) is 0 Å². The van der Waals surface area contributed by atoms with Gasteiger partial charge in [0.25, 0.3) is 11.1 Å². The van der Waals surface area contributed by atoms with E-state index < -0.39 is 0 Å².